The maximum Gasteiger partial charge on any atom is 0.410 e. The molecule has 0 atom stereocenters. The van der Waals surface area contributed by atoms with E-state index in [4.69, 9.17) is 0 Å². The smallest absolute Gasteiger partial charge is 0.300 e. The lowest BCUT2D eigenvalue weighted by molar-refractivity contribution is -0.0799. The topological polar surface area (TPSA) is 41.5 Å². The SMILES string of the molecule is O=C1NC(=Nc2ccccc2)/C(=C/C(F)(F)F)S1. The Balaban J connectivity index is 2.34. The highest BCUT2D eigenvalue weighted by Crippen LogP contribution is 2.30. The molecule has 3 nitrogen and oxygen atoms in total. The van der Waals surface area contributed by atoms with Gasteiger partial charge in [-0.15, -0.1) is 0 Å². The third-order valence-electron chi connectivity index (χ3n) is 1.95. The number of alkyl halides is 3. The van der Waals surface area contributed by atoms with Crippen LogP contribution in [-0.2, 0) is 0 Å². The van der Waals surface area contributed by atoms with Gasteiger partial charge in [0.2, 0.25) is 0 Å². The minimum Gasteiger partial charge on any atom is -0.300 e. The number of allylic oxidation sites excluding steroid dienone is 1. The first kappa shape index (κ1) is 12.7. The molecule has 1 fully saturated rings. The number of halogens is 3. The molecule has 1 aliphatic heterocycles. The third kappa shape index (κ3) is 3.36. The molecule has 94 valence electrons. The molecular formula is C11H7F3N2OS. The number of rotatable bonds is 1. The van der Waals surface area contributed by atoms with E-state index in [0.717, 1.165) is 0 Å². The highest BCUT2D eigenvalue weighted by atomic mass is 32.2. The maximum absolute atomic E-state index is 12.3. The van der Waals surface area contributed by atoms with E-state index in [2.05, 4.69) is 10.3 Å². The Hall–Kier alpha value is -1.76. The molecule has 1 N–H and O–H groups in total. The van der Waals surface area contributed by atoms with Crippen LogP contribution in [0.3, 0.4) is 0 Å². The summed E-state index contributed by atoms with van der Waals surface area (Å²) in [6, 6.07) is 8.44. The molecule has 0 aliphatic carbocycles. The Labute approximate surface area is 105 Å². The Morgan fingerprint density at radius 2 is 1.89 bits per heavy atom. The van der Waals surface area contributed by atoms with E-state index in [0.29, 0.717) is 17.4 Å². The molecule has 0 aromatic heterocycles. The third-order valence-corrected chi connectivity index (χ3v) is 2.77. The van der Waals surface area contributed by atoms with E-state index in [1.165, 1.54) is 0 Å². The molecule has 2 rings (SSSR count). The summed E-state index contributed by atoms with van der Waals surface area (Å²) in [4.78, 5) is 14.8. The Bertz CT molecular complexity index is 523. The van der Waals surface area contributed by atoms with Gasteiger partial charge in [-0.2, -0.15) is 13.2 Å². The quantitative estimate of drug-likeness (QED) is 0.848. The number of para-hydroxylation sites is 1. The van der Waals surface area contributed by atoms with Crippen molar-refractivity contribution >= 4 is 28.5 Å². The number of nitrogens with one attached hydrogen (secondary N) is 1. The molecule has 1 saturated heterocycles. The summed E-state index contributed by atoms with van der Waals surface area (Å²) in [5, 5.41) is 1.71. The molecule has 0 saturated carbocycles. The number of hydrogen-bond acceptors (Lipinski definition) is 3. The standard InChI is InChI=1S/C11H7F3N2OS/c12-11(13,14)6-8-9(16-10(17)18-8)15-7-4-2-1-3-5-7/h1-6H,(H,15,16,17)/b8-6-. The zero-order valence-corrected chi connectivity index (χ0v) is 9.68. The van der Waals surface area contributed by atoms with Gasteiger partial charge in [-0.1, -0.05) is 18.2 Å². The van der Waals surface area contributed by atoms with Crippen LogP contribution in [-0.4, -0.2) is 17.3 Å². The summed E-state index contributed by atoms with van der Waals surface area (Å²) in [6.45, 7) is 0. The molecule has 1 aliphatic rings. The minimum atomic E-state index is -4.48. The van der Waals surface area contributed by atoms with E-state index in [-0.39, 0.29) is 16.8 Å². The van der Waals surface area contributed by atoms with Gasteiger partial charge in [-0.25, -0.2) is 4.99 Å². The number of amidine groups is 1. The van der Waals surface area contributed by atoms with Crippen LogP contribution < -0.4 is 5.32 Å². The van der Waals surface area contributed by atoms with Gasteiger partial charge in [0.1, 0.15) is 5.84 Å². The van der Waals surface area contributed by atoms with E-state index >= 15 is 0 Å². The van der Waals surface area contributed by atoms with Gasteiger partial charge < -0.3 is 5.32 Å². The van der Waals surface area contributed by atoms with Crippen molar-refractivity contribution in [1.82, 2.24) is 5.32 Å². The molecule has 1 aromatic carbocycles. The maximum atomic E-state index is 12.3. The van der Waals surface area contributed by atoms with E-state index in [1.54, 1.807) is 30.3 Å². The second kappa shape index (κ2) is 4.85. The highest BCUT2D eigenvalue weighted by molar-refractivity contribution is 8.18. The first-order valence-electron chi connectivity index (χ1n) is 4.86. The van der Waals surface area contributed by atoms with E-state index in [1.807, 2.05) is 0 Å². The number of carbonyl (C=O) groups excluding carboxylic acids is 1. The molecule has 1 heterocycles. The van der Waals surface area contributed by atoms with Gasteiger partial charge in [0.25, 0.3) is 5.24 Å². The Kier molecular flexibility index (Phi) is 3.42. The van der Waals surface area contributed by atoms with E-state index in [9.17, 15) is 18.0 Å². The lowest BCUT2D eigenvalue weighted by atomic mass is 10.3. The normalized spacial score (nSPS) is 20.5. The summed E-state index contributed by atoms with van der Waals surface area (Å²) >= 11 is 0.480. The van der Waals surface area contributed by atoms with Crippen LogP contribution in [0.5, 0.6) is 0 Å². The summed E-state index contributed by atoms with van der Waals surface area (Å²) in [6.07, 6.45) is -4.41. The van der Waals surface area contributed by atoms with Crippen molar-refractivity contribution in [2.24, 2.45) is 4.99 Å². The van der Waals surface area contributed by atoms with Crippen LogP contribution in [0, 0.1) is 0 Å². The summed E-state index contributed by atoms with van der Waals surface area (Å²) in [7, 11) is 0. The van der Waals surface area contributed by atoms with Crippen LogP contribution in [0.2, 0.25) is 0 Å². The van der Waals surface area contributed by atoms with Crippen LogP contribution in [0.1, 0.15) is 0 Å². The minimum absolute atomic E-state index is 0.0668. The number of aliphatic imine (C=N–C) groups is 1. The Morgan fingerprint density at radius 3 is 2.50 bits per heavy atom. The fourth-order valence-electron chi connectivity index (χ4n) is 1.29. The number of thioether (sulfide) groups is 1. The highest BCUT2D eigenvalue weighted by Gasteiger charge is 2.31. The first-order valence-corrected chi connectivity index (χ1v) is 5.68. The fourth-order valence-corrected chi connectivity index (χ4v) is 2.03. The second-order valence-corrected chi connectivity index (χ2v) is 4.38. The number of benzene rings is 1. The van der Waals surface area contributed by atoms with Gasteiger partial charge >= 0.3 is 6.18 Å². The van der Waals surface area contributed by atoms with Crippen LogP contribution in [0.15, 0.2) is 46.3 Å². The number of hydrogen-bond donors (Lipinski definition) is 1. The molecule has 7 heteroatoms. The molecule has 0 radical (unpaired) electrons. The molecular weight excluding hydrogens is 265 g/mol. The van der Waals surface area contributed by atoms with Crippen molar-refractivity contribution < 1.29 is 18.0 Å². The molecule has 0 unspecified atom stereocenters. The van der Waals surface area contributed by atoms with Crippen molar-refractivity contribution in [3.8, 4) is 0 Å². The van der Waals surface area contributed by atoms with Crippen LogP contribution >= 0.6 is 11.8 Å². The fraction of sp³-hybridized carbons (Fsp3) is 0.0909. The van der Waals surface area contributed by atoms with Gasteiger partial charge in [0.15, 0.2) is 0 Å². The summed E-state index contributed by atoms with van der Waals surface area (Å²) in [5.74, 6) is -0.0754. The number of amides is 1. The van der Waals surface area contributed by atoms with Crippen molar-refractivity contribution in [2.45, 2.75) is 6.18 Å². The average molecular weight is 272 g/mol. The summed E-state index contributed by atoms with van der Waals surface area (Å²) < 4.78 is 36.8. The lowest BCUT2D eigenvalue weighted by Crippen LogP contribution is -2.19. The lowest BCUT2D eigenvalue weighted by Gasteiger charge is -2.02. The molecule has 0 spiro atoms. The largest absolute Gasteiger partial charge is 0.410 e. The molecule has 0 bridgehead atoms. The van der Waals surface area contributed by atoms with Crippen molar-refractivity contribution in [2.75, 3.05) is 0 Å². The monoisotopic (exact) mass is 272 g/mol. The van der Waals surface area contributed by atoms with Crippen LogP contribution in [0.25, 0.3) is 0 Å². The average Bonchev–Trinajstić information content (AvgIpc) is 2.57. The van der Waals surface area contributed by atoms with Crippen LogP contribution in [0.4, 0.5) is 23.7 Å². The molecule has 1 aromatic rings. The zero-order chi connectivity index (χ0) is 13.2. The second-order valence-electron chi connectivity index (χ2n) is 3.36. The summed E-state index contributed by atoms with van der Waals surface area (Å²) in [5.41, 5.74) is 0.475. The zero-order valence-electron chi connectivity index (χ0n) is 8.86. The molecule has 1 amide bonds. The predicted octanol–water partition coefficient (Wildman–Crippen LogP) is 3.62. The van der Waals surface area contributed by atoms with Gasteiger partial charge in [-0.3, -0.25) is 4.79 Å². The predicted molar refractivity (Wildman–Crippen MR) is 63.8 cm³/mol. The van der Waals surface area contributed by atoms with E-state index < -0.39 is 11.4 Å². The van der Waals surface area contributed by atoms with Crippen molar-refractivity contribution in [3.05, 3.63) is 41.3 Å². The van der Waals surface area contributed by atoms with Gasteiger partial charge in [0.05, 0.1) is 10.6 Å². The number of carbonyl (C=O) groups is 1. The van der Waals surface area contributed by atoms with Gasteiger partial charge in [0, 0.05) is 6.08 Å². The van der Waals surface area contributed by atoms with Gasteiger partial charge in [-0.05, 0) is 23.9 Å². The van der Waals surface area contributed by atoms with Crippen molar-refractivity contribution in [1.29, 1.82) is 0 Å². The Morgan fingerprint density at radius 1 is 1.22 bits per heavy atom. The first-order chi connectivity index (χ1) is 8.44. The molecule has 18 heavy (non-hydrogen) atoms. The van der Waals surface area contributed by atoms with Crippen molar-refractivity contribution in [3.63, 3.8) is 0 Å². The number of nitrogens with zero attached hydrogens (tertiary/aromatic N) is 1.